The Hall–Kier alpha value is -3.80. The molecule has 9 nitrogen and oxygen atoms in total. The summed E-state index contributed by atoms with van der Waals surface area (Å²) in [7, 11) is 3.99. The Morgan fingerprint density at radius 3 is 1.92 bits per heavy atom. The summed E-state index contributed by atoms with van der Waals surface area (Å²) >= 11 is 0. The van der Waals surface area contributed by atoms with Gasteiger partial charge in [0.05, 0.1) is 18.2 Å². The third kappa shape index (κ3) is 4.05. The van der Waals surface area contributed by atoms with Gasteiger partial charge in [0, 0.05) is 42.7 Å². The monoisotopic (exact) mass is 538 g/mol. The summed E-state index contributed by atoms with van der Waals surface area (Å²) in [5, 5.41) is 0.632. The largest absolute Gasteiger partial charge is 0.465 e. The fourth-order valence-electron chi connectivity index (χ4n) is 4.59. The van der Waals surface area contributed by atoms with Crippen molar-refractivity contribution in [2.45, 2.75) is 19.4 Å². The van der Waals surface area contributed by atoms with Crippen molar-refractivity contribution in [2.75, 3.05) is 7.11 Å². The van der Waals surface area contributed by atoms with E-state index in [4.69, 9.17) is 23.7 Å². The Morgan fingerprint density at radius 1 is 0.865 bits per heavy atom. The molecule has 0 saturated heterocycles. The molecule has 5 rings (SSSR count). The smallest absolute Gasteiger partial charge is 0.340 e. The number of hydrogen-bond donors (Lipinski definition) is 0. The molecule has 0 bridgehead atoms. The van der Waals surface area contributed by atoms with Gasteiger partial charge in [-0.05, 0) is 41.7 Å². The van der Waals surface area contributed by atoms with Gasteiger partial charge < -0.3 is 23.7 Å². The van der Waals surface area contributed by atoms with Crippen molar-refractivity contribution in [3.8, 4) is 23.0 Å². The topological polar surface area (TPSA) is 114 Å². The molecule has 2 aliphatic rings. The van der Waals surface area contributed by atoms with E-state index >= 15 is 0 Å². The highest BCUT2D eigenvalue weighted by molar-refractivity contribution is 8.06. The minimum absolute atomic E-state index is 0.140. The molecule has 188 valence electrons. The maximum Gasteiger partial charge on any atom is 0.340 e. The van der Waals surface area contributed by atoms with Gasteiger partial charge in [0.2, 0.25) is 0 Å². The lowest BCUT2D eigenvalue weighted by molar-refractivity contribution is -0.132. The van der Waals surface area contributed by atoms with E-state index in [1.165, 1.54) is 33.1 Å². The molecule has 0 aliphatic carbocycles. The Labute approximate surface area is 215 Å². The SMILES string of the molecule is COC(=O)c1cc2c(cc1PP)C(=O)OC21c2ccc(OC(C)=O)cc2Oc2cc(OC(C)=O)ccc21. The molecule has 37 heavy (non-hydrogen) atoms. The van der Waals surface area contributed by atoms with Gasteiger partial charge in [-0.2, -0.15) is 0 Å². The van der Waals surface area contributed by atoms with Crippen molar-refractivity contribution in [1.29, 1.82) is 0 Å². The first-order valence-corrected chi connectivity index (χ1v) is 13.8. The van der Waals surface area contributed by atoms with E-state index in [-0.39, 0.29) is 31.3 Å². The first-order valence-electron chi connectivity index (χ1n) is 11.0. The molecule has 0 fully saturated rings. The van der Waals surface area contributed by atoms with E-state index in [1.807, 2.05) is 0 Å². The van der Waals surface area contributed by atoms with Gasteiger partial charge in [0.15, 0.2) is 5.60 Å². The fraction of sp³-hybridized carbons (Fsp3) is 0.154. The van der Waals surface area contributed by atoms with Crippen LogP contribution in [-0.2, 0) is 24.7 Å². The Balaban J connectivity index is 1.81. The molecule has 11 heteroatoms. The molecule has 2 aliphatic heterocycles. The molecule has 0 amide bonds. The van der Waals surface area contributed by atoms with E-state index in [9.17, 15) is 19.2 Å². The standard InChI is InChI=1S/C26H20O9P2/c1-12(27)32-14-4-6-18-21(8-14)34-22-9-15(33-13(2)28)5-7-19(22)26(18)20-10-17(24(29)31-3)23(37-36)11-16(20)25(30)35-26/h4-11,37H,36H2,1-3H3. The summed E-state index contributed by atoms with van der Waals surface area (Å²) in [6.45, 7) is 2.55. The van der Waals surface area contributed by atoms with Crippen LogP contribution in [0.2, 0.25) is 0 Å². The molecular formula is C26H20O9P2. The lowest BCUT2D eigenvalue weighted by Gasteiger charge is -2.36. The van der Waals surface area contributed by atoms with Crippen molar-refractivity contribution in [3.63, 3.8) is 0 Å². The summed E-state index contributed by atoms with van der Waals surface area (Å²) in [5.74, 6) is -1.22. The van der Waals surface area contributed by atoms with Crippen LogP contribution in [0.5, 0.6) is 23.0 Å². The highest BCUT2D eigenvalue weighted by Crippen LogP contribution is 2.57. The lowest BCUT2D eigenvalue weighted by Crippen LogP contribution is -2.33. The normalized spacial score (nSPS) is 14.3. The number of hydrogen-bond acceptors (Lipinski definition) is 9. The van der Waals surface area contributed by atoms with Crippen LogP contribution in [0, 0.1) is 0 Å². The molecule has 0 aromatic heterocycles. The first-order chi connectivity index (χ1) is 17.7. The maximum atomic E-state index is 13.3. The predicted octanol–water partition coefficient (Wildman–Crippen LogP) is 3.99. The Bertz CT molecular complexity index is 1450. The summed E-state index contributed by atoms with van der Waals surface area (Å²) in [4.78, 5) is 49.0. The number of ether oxygens (including phenoxy) is 5. The van der Waals surface area contributed by atoms with Gasteiger partial charge >= 0.3 is 23.9 Å². The summed E-state index contributed by atoms with van der Waals surface area (Å²) in [6, 6.07) is 12.7. The molecule has 0 radical (unpaired) electrons. The molecule has 2 heterocycles. The minimum Gasteiger partial charge on any atom is -0.465 e. The molecule has 1 spiro atoms. The lowest BCUT2D eigenvalue weighted by atomic mass is 9.77. The Kier molecular flexibility index (Phi) is 6.22. The zero-order chi connectivity index (χ0) is 26.5. The van der Waals surface area contributed by atoms with Crippen molar-refractivity contribution in [3.05, 3.63) is 76.3 Å². The number of rotatable bonds is 4. The van der Waals surface area contributed by atoms with Gasteiger partial charge in [-0.1, -0.05) is 8.27 Å². The van der Waals surface area contributed by atoms with Crippen LogP contribution in [0.15, 0.2) is 48.5 Å². The van der Waals surface area contributed by atoms with Gasteiger partial charge in [0.25, 0.3) is 0 Å². The summed E-state index contributed by atoms with van der Waals surface area (Å²) < 4.78 is 27.7. The fourth-order valence-corrected chi connectivity index (χ4v) is 5.86. The van der Waals surface area contributed by atoms with Crippen LogP contribution >= 0.6 is 17.2 Å². The quantitative estimate of drug-likeness (QED) is 0.276. The van der Waals surface area contributed by atoms with Gasteiger partial charge in [-0.25, -0.2) is 9.59 Å². The zero-order valence-corrected chi connectivity index (χ0v) is 22.0. The molecule has 0 saturated carbocycles. The minimum atomic E-state index is -1.50. The third-order valence-electron chi connectivity index (χ3n) is 5.97. The highest BCUT2D eigenvalue weighted by atomic mass is 32.0. The number of carbonyl (C=O) groups is 4. The first kappa shape index (κ1) is 24.9. The van der Waals surface area contributed by atoms with Crippen LogP contribution in [0.4, 0.5) is 0 Å². The number of carbonyl (C=O) groups excluding carboxylic acids is 4. The Morgan fingerprint density at radius 2 is 1.43 bits per heavy atom. The van der Waals surface area contributed by atoms with E-state index in [1.54, 1.807) is 36.4 Å². The van der Waals surface area contributed by atoms with Crippen molar-refractivity contribution >= 4 is 46.4 Å². The van der Waals surface area contributed by atoms with Gasteiger partial charge in [0.1, 0.15) is 23.0 Å². The van der Waals surface area contributed by atoms with Crippen molar-refractivity contribution in [1.82, 2.24) is 0 Å². The van der Waals surface area contributed by atoms with Gasteiger partial charge in [-0.3, -0.25) is 9.59 Å². The second-order valence-electron chi connectivity index (χ2n) is 8.26. The van der Waals surface area contributed by atoms with Gasteiger partial charge in [-0.15, -0.1) is 8.93 Å². The van der Waals surface area contributed by atoms with E-state index < -0.39 is 29.5 Å². The van der Waals surface area contributed by atoms with Crippen LogP contribution in [0.1, 0.15) is 51.3 Å². The average Bonchev–Trinajstić information content (AvgIpc) is 3.13. The van der Waals surface area contributed by atoms with Crippen LogP contribution in [0.25, 0.3) is 0 Å². The van der Waals surface area contributed by atoms with Crippen LogP contribution in [-0.4, -0.2) is 31.0 Å². The molecular weight excluding hydrogens is 518 g/mol. The average molecular weight is 538 g/mol. The zero-order valence-electron chi connectivity index (χ0n) is 19.9. The highest BCUT2D eigenvalue weighted by Gasteiger charge is 2.54. The van der Waals surface area contributed by atoms with E-state index in [2.05, 4.69) is 8.93 Å². The molecule has 3 aromatic carbocycles. The second kappa shape index (κ2) is 9.25. The predicted molar refractivity (Wildman–Crippen MR) is 136 cm³/mol. The maximum absolute atomic E-state index is 13.3. The number of benzene rings is 3. The van der Waals surface area contributed by atoms with E-state index in [0.717, 1.165) is 0 Å². The number of fused-ring (bicyclic) bond motifs is 6. The molecule has 3 aromatic rings. The molecule has 2 unspecified atom stereocenters. The second-order valence-corrected chi connectivity index (χ2v) is 9.95. The summed E-state index contributed by atoms with van der Waals surface area (Å²) in [5.41, 5.74) is 0.445. The van der Waals surface area contributed by atoms with Crippen LogP contribution < -0.4 is 19.5 Å². The third-order valence-corrected chi connectivity index (χ3v) is 7.63. The van der Waals surface area contributed by atoms with E-state index in [0.29, 0.717) is 33.1 Å². The summed E-state index contributed by atoms with van der Waals surface area (Å²) in [6.07, 6.45) is 0. The van der Waals surface area contributed by atoms with Crippen molar-refractivity contribution in [2.24, 2.45) is 0 Å². The number of esters is 4. The molecule has 2 atom stereocenters. The number of methoxy groups -OCH3 is 1. The van der Waals surface area contributed by atoms with Crippen molar-refractivity contribution < 1.29 is 42.9 Å². The molecule has 0 N–H and O–H groups in total. The van der Waals surface area contributed by atoms with Crippen LogP contribution in [0.3, 0.4) is 0 Å².